The first-order chi connectivity index (χ1) is 19.1. The van der Waals surface area contributed by atoms with Crippen molar-refractivity contribution >= 4 is 23.4 Å². The third kappa shape index (κ3) is 4.40. The van der Waals surface area contributed by atoms with Gasteiger partial charge in [-0.3, -0.25) is 14.4 Å². The average Bonchev–Trinajstić information content (AvgIpc) is 3.57. The first kappa shape index (κ1) is 27.5. The number of rotatable bonds is 5. The summed E-state index contributed by atoms with van der Waals surface area (Å²) in [6.45, 7) is 10.8. The molecule has 3 amide bonds. The normalized spacial score (nSPS) is 40.3. The second-order valence-electron chi connectivity index (χ2n) is 13.5. The second-order valence-corrected chi connectivity index (χ2v) is 13.5. The Morgan fingerprint density at radius 1 is 0.975 bits per heavy atom. The van der Waals surface area contributed by atoms with E-state index in [2.05, 4.69) is 31.4 Å². The Balaban J connectivity index is 1.31. The summed E-state index contributed by atoms with van der Waals surface area (Å²) in [6, 6.07) is 5.16. The molecule has 40 heavy (non-hydrogen) atoms. The van der Waals surface area contributed by atoms with Crippen LogP contribution in [0, 0.1) is 43.4 Å². The molecule has 8 atom stereocenters. The fourth-order valence-electron chi connectivity index (χ4n) is 8.21. The van der Waals surface area contributed by atoms with Crippen LogP contribution in [0.2, 0.25) is 0 Å². The maximum atomic E-state index is 14.4. The summed E-state index contributed by atoms with van der Waals surface area (Å²) in [6.07, 6.45) is 10.4. The van der Waals surface area contributed by atoms with Crippen molar-refractivity contribution in [2.24, 2.45) is 29.6 Å². The van der Waals surface area contributed by atoms with E-state index in [0.29, 0.717) is 23.4 Å². The number of likely N-dealkylation sites (tertiary alicyclic amines) is 1. The Hall–Kier alpha value is -2.67. The molecule has 0 radical (unpaired) electrons. The van der Waals surface area contributed by atoms with Gasteiger partial charge in [0.05, 0.1) is 17.9 Å². The average molecular weight is 548 g/mol. The van der Waals surface area contributed by atoms with Crippen LogP contribution in [0.25, 0.3) is 0 Å². The number of hydrogen-bond acceptors (Lipinski definition) is 4. The Labute approximate surface area is 238 Å². The Bertz CT molecular complexity index is 1220. The first-order valence-corrected chi connectivity index (χ1v) is 15.5. The zero-order valence-corrected chi connectivity index (χ0v) is 24.6. The van der Waals surface area contributed by atoms with Gasteiger partial charge in [-0.25, -0.2) is 0 Å². The summed E-state index contributed by atoms with van der Waals surface area (Å²) in [7, 11) is 0. The van der Waals surface area contributed by atoms with Gasteiger partial charge in [0.15, 0.2) is 0 Å². The van der Waals surface area contributed by atoms with Gasteiger partial charge in [0, 0.05) is 17.8 Å². The maximum Gasteiger partial charge on any atom is 0.246 e. The van der Waals surface area contributed by atoms with E-state index in [1.54, 1.807) is 0 Å². The van der Waals surface area contributed by atoms with Gasteiger partial charge in [0.1, 0.15) is 11.6 Å². The summed E-state index contributed by atoms with van der Waals surface area (Å²) in [5, 5.41) is 6.44. The van der Waals surface area contributed by atoms with Crippen LogP contribution in [0.4, 0.5) is 5.69 Å². The minimum Gasteiger partial charge on any atom is -0.359 e. The lowest BCUT2D eigenvalue weighted by Gasteiger charge is -2.41. The van der Waals surface area contributed by atoms with Gasteiger partial charge in [0.2, 0.25) is 17.7 Å². The lowest BCUT2D eigenvalue weighted by atomic mass is 9.73. The van der Waals surface area contributed by atoms with E-state index in [1.807, 2.05) is 49.1 Å². The third-order valence-corrected chi connectivity index (χ3v) is 11.1. The molecule has 2 N–H and O–H groups in total. The molecule has 7 nitrogen and oxygen atoms in total. The molecular weight excluding hydrogens is 502 g/mol. The summed E-state index contributed by atoms with van der Waals surface area (Å²) < 4.78 is 6.59. The van der Waals surface area contributed by atoms with E-state index >= 15 is 0 Å². The molecule has 4 fully saturated rings. The molecule has 216 valence electrons. The first-order valence-electron chi connectivity index (χ1n) is 15.5. The van der Waals surface area contributed by atoms with Crippen molar-refractivity contribution in [2.75, 3.05) is 5.32 Å². The highest BCUT2D eigenvalue weighted by Gasteiger charge is 2.73. The van der Waals surface area contributed by atoms with Crippen molar-refractivity contribution in [3.8, 4) is 0 Å². The van der Waals surface area contributed by atoms with Crippen molar-refractivity contribution < 1.29 is 19.1 Å². The van der Waals surface area contributed by atoms with E-state index in [1.165, 1.54) is 6.42 Å². The van der Waals surface area contributed by atoms with Crippen LogP contribution in [-0.2, 0) is 19.1 Å². The van der Waals surface area contributed by atoms with Crippen molar-refractivity contribution in [1.29, 1.82) is 0 Å². The molecule has 1 aromatic rings. The number of hydrogen-bond donors (Lipinski definition) is 2. The Kier molecular flexibility index (Phi) is 7.09. The van der Waals surface area contributed by atoms with Gasteiger partial charge < -0.3 is 20.3 Å². The van der Waals surface area contributed by atoms with Crippen LogP contribution in [0.5, 0.6) is 0 Å². The van der Waals surface area contributed by atoms with Crippen LogP contribution in [0.3, 0.4) is 0 Å². The molecule has 2 saturated heterocycles. The molecule has 3 heterocycles. The van der Waals surface area contributed by atoms with Crippen molar-refractivity contribution in [1.82, 2.24) is 10.2 Å². The number of amides is 3. The summed E-state index contributed by atoms with van der Waals surface area (Å²) in [4.78, 5) is 44.3. The largest absolute Gasteiger partial charge is 0.359 e. The predicted molar refractivity (Wildman–Crippen MR) is 154 cm³/mol. The second kappa shape index (κ2) is 10.3. The highest BCUT2D eigenvalue weighted by Crippen LogP contribution is 2.56. The number of aryl methyl sites for hydroxylation is 2. The highest BCUT2D eigenvalue weighted by molar-refractivity contribution is 6.03. The zero-order valence-electron chi connectivity index (χ0n) is 24.6. The zero-order chi connectivity index (χ0) is 28.3. The van der Waals surface area contributed by atoms with Crippen molar-refractivity contribution in [3.63, 3.8) is 0 Å². The molecular formula is C33H45N3O4. The van der Waals surface area contributed by atoms with Crippen LogP contribution in [0.1, 0.15) is 76.8 Å². The summed E-state index contributed by atoms with van der Waals surface area (Å²) in [5.74, 6) is -0.277. The van der Waals surface area contributed by atoms with Crippen LogP contribution >= 0.6 is 0 Å². The third-order valence-electron chi connectivity index (χ3n) is 11.1. The number of benzene rings is 1. The van der Waals surface area contributed by atoms with Gasteiger partial charge in [-0.2, -0.15) is 0 Å². The van der Waals surface area contributed by atoms with Crippen LogP contribution in [-0.4, -0.2) is 52.5 Å². The minimum atomic E-state index is -1.11. The van der Waals surface area contributed by atoms with Gasteiger partial charge in [-0.05, 0) is 87.0 Å². The topological polar surface area (TPSA) is 87.7 Å². The van der Waals surface area contributed by atoms with Gasteiger partial charge in [0.25, 0.3) is 0 Å². The summed E-state index contributed by atoms with van der Waals surface area (Å²) >= 11 is 0. The highest BCUT2D eigenvalue weighted by atomic mass is 16.5. The van der Waals surface area contributed by atoms with E-state index < -0.39 is 29.6 Å². The molecule has 0 aromatic heterocycles. The van der Waals surface area contributed by atoms with Crippen molar-refractivity contribution in [2.45, 2.75) is 109 Å². The van der Waals surface area contributed by atoms with E-state index in [4.69, 9.17) is 4.74 Å². The standard InChI is InChI=1S/C33H45N3O4/c1-18-9-13-24(14-10-18)36-29(31(38)35-25-8-6-7-20(3)22(25)5)33-16-15-26(40-33)27(28(33)32(36)39)30(37)34-23-12-11-19(2)21(4)17-23/h11-12,15-18,20,22,24-29H,6-10,13-14H2,1-5H3,(H,34,37)(H,35,38)/t18?,20?,22?,24?,25?,26-,27?,28-,29?,33?/m0/s1. The molecule has 5 aliphatic rings. The number of nitrogens with zero attached hydrogens (tertiary/aromatic N) is 1. The van der Waals surface area contributed by atoms with E-state index in [-0.39, 0.29) is 29.8 Å². The summed E-state index contributed by atoms with van der Waals surface area (Å²) in [5.41, 5.74) is 1.86. The van der Waals surface area contributed by atoms with Crippen LogP contribution in [0.15, 0.2) is 30.4 Å². The number of nitrogens with one attached hydrogen (secondary N) is 2. The van der Waals surface area contributed by atoms with Gasteiger partial charge in [-0.1, -0.05) is 51.8 Å². The molecule has 2 aliphatic carbocycles. The molecule has 2 bridgehead atoms. The van der Waals surface area contributed by atoms with E-state index in [9.17, 15) is 14.4 Å². The Morgan fingerprint density at radius 2 is 1.73 bits per heavy atom. The Morgan fingerprint density at radius 3 is 2.45 bits per heavy atom. The lowest BCUT2D eigenvalue weighted by Crippen LogP contribution is -2.59. The molecule has 6 rings (SSSR count). The van der Waals surface area contributed by atoms with Crippen molar-refractivity contribution in [3.05, 3.63) is 41.5 Å². The van der Waals surface area contributed by atoms with Gasteiger partial charge in [-0.15, -0.1) is 0 Å². The molecule has 7 heteroatoms. The molecule has 6 unspecified atom stereocenters. The predicted octanol–water partition coefficient (Wildman–Crippen LogP) is 4.91. The molecule has 2 saturated carbocycles. The quantitative estimate of drug-likeness (QED) is 0.513. The minimum absolute atomic E-state index is 0.0124. The number of anilines is 1. The fraction of sp³-hybridized carbons (Fsp3) is 0.667. The molecule has 1 aromatic carbocycles. The number of carbonyl (C=O) groups excluding carboxylic acids is 3. The molecule has 3 aliphatic heterocycles. The smallest absolute Gasteiger partial charge is 0.246 e. The van der Waals surface area contributed by atoms with Gasteiger partial charge >= 0.3 is 0 Å². The number of ether oxygens (including phenoxy) is 1. The maximum absolute atomic E-state index is 14.4. The number of carbonyl (C=O) groups is 3. The monoisotopic (exact) mass is 547 g/mol. The lowest BCUT2D eigenvalue weighted by molar-refractivity contribution is -0.145. The number of fused-ring (bicyclic) bond motifs is 1. The SMILES string of the molecule is Cc1ccc(NC(=O)C2[C@@H]3C=CC4(O3)C(C(=O)NC3CCCC(C)C3C)N(C3CCC(C)CC3)C(=O)[C@H]24)cc1C. The fourth-order valence-corrected chi connectivity index (χ4v) is 8.21. The molecule has 1 spiro atoms. The van der Waals surface area contributed by atoms with Crippen LogP contribution < -0.4 is 10.6 Å². The van der Waals surface area contributed by atoms with E-state index in [0.717, 1.165) is 49.7 Å².